The standard InChI is InChI=1S/C58H43N4/c1-6-19-39(20-7-1)42-33-34-48-50-36-35-49-47-31-16-17-32-51(47)58(44-26-12-4-13-27-44,45-28-14-5-15-29-45)53(49)54(50)62(52(48)38-42)46-30-18-25-43(37-46)57-60-55(40-21-8-2-9-22-40)59-56(61-57)41-23-10-3-11-24-41/h1-38,55-57,60-61H/q-1/p+1. The summed E-state index contributed by atoms with van der Waals surface area (Å²) in [7, 11) is 0. The lowest BCUT2D eigenvalue weighted by Gasteiger charge is -2.47. The molecule has 1 fully saturated rings. The van der Waals surface area contributed by atoms with Crippen LogP contribution in [0.4, 0.5) is 0 Å². The third-order valence-corrected chi connectivity index (χ3v) is 13.2. The van der Waals surface area contributed by atoms with Crippen LogP contribution in [0, 0.1) is 0 Å². The van der Waals surface area contributed by atoms with E-state index in [9.17, 15) is 0 Å². The van der Waals surface area contributed by atoms with Gasteiger partial charge in [-0.25, -0.2) is 0 Å². The molecule has 1 saturated heterocycles. The van der Waals surface area contributed by atoms with Crippen molar-refractivity contribution in [2.45, 2.75) is 23.9 Å². The predicted octanol–water partition coefficient (Wildman–Crippen LogP) is 12.8. The topological polar surface area (TPSA) is 47.7 Å². The van der Waals surface area contributed by atoms with Crippen molar-refractivity contribution in [3.63, 3.8) is 0 Å². The molecule has 296 valence electrons. The molecule has 9 aromatic carbocycles. The number of rotatable bonds is 7. The number of aromatic nitrogens is 1. The fourth-order valence-corrected chi connectivity index (χ4v) is 10.5. The van der Waals surface area contributed by atoms with Crippen molar-refractivity contribution in [1.29, 1.82) is 0 Å². The number of hydrogen-bond acceptors (Lipinski definition) is 1. The van der Waals surface area contributed by atoms with Gasteiger partial charge in [0.2, 0.25) is 0 Å². The molecule has 0 radical (unpaired) electrons. The van der Waals surface area contributed by atoms with Gasteiger partial charge in [0.25, 0.3) is 0 Å². The molecule has 1 aromatic heterocycles. The summed E-state index contributed by atoms with van der Waals surface area (Å²) in [6.45, 7) is 0. The zero-order valence-corrected chi connectivity index (χ0v) is 34.1. The van der Waals surface area contributed by atoms with Crippen molar-refractivity contribution in [3.8, 4) is 27.9 Å². The zero-order chi connectivity index (χ0) is 41.0. The fraction of sp³-hybridized carbons (Fsp3) is 0.0690. The highest BCUT2D eigenvalue weighted by molar-refractivity contribution is 6.14. The molecule has 2 heterocycles. The smallest absolute Gasteiger partial charge is 0.164 e. The van der Waals surface area contributed by atoms with Crippen molar-refractivity contribution in [1.82, 2.24) is 9.88 Å². The first-order valence-corrected chi connectivity index (χ1v) is 21.6. The van der Waals surface area contributed by atoms with Gasteiger partial charge in [-0.3, -0.25) is 5.32 Å². The van der Waals surface area contributed by atoms with Crippen LogP contribution in [0.15, 0.2) is 231 Å². The van der Waals surface area contributed by atoms with Crippen molar-refractivity contribution in [3.05, 3.63) is 275 Å². The van der Waals surface area contributed by atoms with Gasteiger partial charge in [0.05, 0.1) is 16.4 Å². The molecule has 3 atom stereocenters. The van der Waals surface area contributed by atoms with E-state index in [0.717, 1.165) is 11.3 Å². The quantitative estimate of drug-likeness (QED) is 0.166. The molecule has 4 nitrogen and oxygen atoms in total. The van der Waals surface area contributed by atoms with Gasteiger partial charge >= 0.3 is 0 Å². The molecular weight excluding hydrogens is 753 g/mol. The van der Waals surface area contributed by atoms with Crippen LogP contribution in [0.2, 0.25) is 0 Å². The summed E-state index contributed by atoms with van der Waals surface area (Å²) in [5.41, 5.74) is 16.6. The minimum Gasteiger partial charge on any atom is -0.587 e. The molecule has 4 heteroatoms. The van der Waals surface area contributed by atoms with Gasteiger partial charge in [-0.2, -0.15) is 0 Å². The highest BCUT2D eigenvalue weighted by Gasteiger charge is 2.48. The second kappa shape index (κ2) is 15.0. The van der Waals surface area contributed by atoms with Crippen LogP contribution < -0.4 is 10.6 Å². The van der Waals surface area contributed by atoms with E-state index in [1.165, 1.54) is 77.4 Å². The Balaban J connectivity index is 1.14. The Hall–Kier alpha value is -7.34. The molecule has 1 aliphatic carbocycles. The Morgan fingerprint density at radius 1 is 0.468 bits per heavy atom. The molecule has 10 aromatic rings. The molecule has 12 rings (SSSR count). The van der Waals surface area contributed by atoms with Crippen molar-refractivity contribution in [2.24, 2.45) is 0 Å². The maximum Gasteiger partial charge on any atom is 0.164 e. The van der Waals surface area contributed by atoms with Gasteiger partial charge in [0.15, 0.2) is 6.17 Å². The third-order valence-electron chi connectivity index (χ3n) is 13.2. The Morgan fingerprint density at radius 3 is 1.77 bits per heavy atom. The molecule has 0 amide bonds. The van der Waals surface area contributed by atoms with Crippen LogP contribution in [0.3, 0.4) is 0 Å². The summed E-state index contributed by atoms with van der Waals surface area (Å²) in [4.78, 5) is 0. The molecule has 0 bridgehead atoms. The monoisotopic (exact) mass is 796 g/mol. The Labute approximate surface area is 362 Å². The third kappa shape index (κ3) is 5.80. The highest BCUT2D eigenvalue weighted by atomic mass is 15.4. The van der Waals surface area contributed by atoms with E-state index < -0.39 is 5.41 Å². The van der Waals surface area contributed by atoms with Gasteiger partial charge in [0.1, 0.15) is 0 Å². The van der Waals surface area contributed by atoms with Crippen LogP contribution in [0.5, 0.6) is 0 Å². The summed E-state index contributed by atoms with van der Waals surface area (Å²) in [6.07, 6.45) is -0.295. The van der Waals surface area contributed by atoms with E-state index in [1.54, 1.807) is 0 Å². The first kappa shape index (κ1) is 36.5. The van der Waals surface area contributed by atoms with E-state index >= 15 is 0 Å². The van der Waals surface area contributed by atoms with Crippen LogP contribution in [0.1, 0.15) is 57.4 Å². The maximum atomic E-state index is 5.35. The van der Waals surface area contributed by atoms with Crippen LogP contribution in [0.25, 0.3) is 55.1 Å². The first-order chi connectivity index (χ1) is 30.8. The van der Waals surface area contributed by atoms with E-state index in [-0.39, 0.29) is 18.5 Å². The second-order valence-electron chi connectivity index (χ2n) is 16.6. The molecule has 1 aliphatic heterocycles. The summed E-state index contributed by atoms with van der Waals surface area (Å²) < 4.78 is 2.57. The Bertz CT molecular complexity index is 3130. The minimum absolute atomic E-state index is 0.0569. The molecule has 2 aliphatic rings. The Kier molecular flexibility index (Phi) is 8.82. The molecule has 3 N–H and O–H groups in total. The lowest BCUT2D eigenvalue weighted by molar-refractivity contribution is -0.740. The van der Waals surface area contributed by atoms with E-state index in [1.807, 2.05) is 0 Å². The zero-order valence-electron chi connectivity index (χ0n) is 34.1. The Morgan fingerprint density at radius 2 is 1.06 bits per heavy atom. The van der Waals surface area contributed by atoms with Crippen molar-refractivity contribution >= 4 is 21.8 Å². The summed E-state index contributed by atoms with van der Waals surface area (Å²) in [5.74, 6) is 0. The summed E-state index contributed by atoms with van der Waals surface area (Å²) >= 11 is 0. The number of quaternary nitrogens is 1. The van der Waals surface area contributed by atoms with Crippen LogP contribution in [-0.4, -0.2) is 4.57 Å². The molecular formula is C58H44N4. The number of nitrogens with zero attached hydrogens (tertiary/aromatic N) is 2. The SMILES string of the molecule is c1ccc(-c2ccc3c4ccc5c(c4n(-c4cccc(C6NC(c7ccccc7)[N-]C(c7ccccc7)[NH2+]6)c4)c3c2)C(c2ccccc2)(c2ccccc2)c2ccccc2-5)cc1. The lowest BCUT2D eigenvalue weighted by atomic mass is 9.67. The molecule has 0 saturated carbocycles. The van der Waals surface area contributed by atoms with E-state index in [0.29, 0.717) is 0 Å². The first-order valence-electron chi connectivity index (χ1n) is 21.6. The van der Waals surface area contributed by atoms with Crippen LogP contribution in [-0.2, 0) is 5.41 Å². The number of nitrogens with two attached hydrogens (primary N) is 1. The summed E-state index contributed by atoms with van der Waals surface area (Å²) in [6, 6.07) is 84.5. The molecule has 0 spiro atoms. The van der Waals surface area contributed by atoms with Gasteiger partial charge in [-0.1, -0.05) is 218 Å². The highest BCUT2D eigenvalue weighted by Crippen LogP contribution is 2.59. The van der Waals surface area contributed by atoms with E-state index in [4.69, 9.17) is 5.32 Å². The number of fused-ring (bicyclic) bond motifs is 7. The average Bonchev–Trinajstić information content (AvgIpc) is 3.86. The van der Waals surface area contributed by atoms with Gasteiger partial charge < -0.3 is 15.2 Å². The van der Waals surface area contributed by atoms with Crippen LogP contribution >= 0.6 is 0 Å². The number of nitrogens with one attached hydrogen (secondary N) is 1. The predicted molar refractivity (Wildman–Crippen MR) is 253 cm³/mol. The van der Waals surface area contributed by atoms with E-state index in [2.05, 4.69) is 246 Å². The second-order valence-corrected chi connectivity index (χ2v) is 16.6. The molecule has 3 unspecified atom stereocenters. The normalized spacial score (nSPS) is 17.8. The van der Waals surface area contributed by atoms with Gasteiger partial charge in [-0.05, 0) is 68.9 Å². The number of hydrogen-bond donors (Lipinski definition) is 2. The van der Waals surface area contributed by atoms with Gasteiger partial charge in [0, 0.05) is 33.8 Å². The average molecular weight is 797 g/mol. The van der Waals surface area contributed by atoms with Crippen molar-refractivity contribution in [2.75, 3.05) is 0 Å². The fourth-order valence-electron chi connectivity index (χ4n) is 10.5. The maximum absolute atomic E-state index is 5.35. The minimum atomic E-state index is -0.577. The van der Waals surface area contributed by atoms with Gasteiger partial charge in [-0.15, -0.1) is 0 Å². The molecule has 62 heavy (non-hydrogen) atoms. The largest absolute Gasteiger partial charge is 0.587 e. The number of benzene rings is 9. The van der Waals surface area contributed by atoms with Crippen molar-refractivity contribution < 1.29 is 5.32 Å². The summed E-state index contributed by atoms with van der Waals surface area (Å²) in [5, 5.41) is 14.1. The lowest BCUT2D eigenvalue weighted by Crippen LogP contribution is -2.91.